The predicted octanol–water partition coefficient (Wildman–Crippen LogP) is 2.17. The Morgan fingerprint density at radius 3 is 2.65 bits per heavy atom. The molecule has 0 amide bonds. The van der Waals surface area contributed by atoms with Crippen molar-refractivity contribution in [2.75, 3.05) is 0 Å². The summed E-state index contributed by atoms with van der Waals surface area (Å²) in [5.41, 5.74) is 1.07. The minimum absolute atomic E-state index is 0.346. The van der Waals surface area contributed by atoms with Crippen molar-refractivity contribution in [3.8, 4) is 0 Å². The van der Waals surface area contributed by atoms with E-state index in [0.717, 1.165) is 35.4 Å². The molecule has 3 saturated carbocycles. The quantitative estimate of drug-likeness (QED) is 0.863. The van der Waals surface area contributed by atoms with Crippen LogP contribution in [0.4, 0.5) is 0 Å². The second-order valence-electron chi connectivity index (χ2n) is 6.03. The van der Waals surface area contributed by atoms with E-state index >= 15 is 0 Å². The Kier molecular flexibility index (Phi) is 2.07. The second-order valence-corrected chi connectivity index (χ2v) is 6.03. The van der Waals surface area contributed by atoms with E-state index in [-0.39, 0.29) is 0 Å². The first-order valence-corrected chi connectivity index (χ1v) is 6.86. The van der Waals surface area contributed by atoms with Crippen LogP contribution in [-0.2, 0) is 0 Å². The molecule has 3 heteroatoms. The number of nitrogens with zero attached hydrogens (tertiary/aromatic N) is 2. The fourth-order valence-electron chi connectivity index (χ4n) is 4.46. The minimum Gasteiger partial charge on any atom is -0.305 e. The van der Waals surface area contributed by atoms with Crippen LogP contribution in [0.15, 0.2) is 18.6 Å². The molecule has 3 aliphatic carbocycles. The number of hydrogen-bond acceptors (Lipinski definition) is 3. The van der Waals surface area contributed by atoms with Crippen LogP contribution in [0.2, 0.25) is 0 Å². The summed E-state index contributed by atoms with van der Waals surface area (Å²) < 4.78 is 0. The third kappa shape index (κ3) is 1.45. The molecular weight excluding hydrogens is 210 g/mol. The molecule has 5 unspecified atom stereocenters. The molecule has 0 spiro atoms. The van der Waals surface area contributed by atoms with Crippen molar-refractivity contribution in [3.63, 3.8) is 0 Å². The van der Waals surface area contributed by atoms with E-state index in [0.29, 0.717) is 6.04 Å². The van der Waals surface area contributed by atoms with Crippen molar-refractivity contribution in [3.05, 3.63) is 24.3 Å². The standard InChI is InChI=1S/C14H19N3/c1-8(11-7-15-4-5-16-11)17-14-12-9-2-3-10(6-9)13(12)14/h4-5,7-10,12-14,17H,2-3,6H2,1H3. The summed E-state index contributed by atoms with van der Waals surface area (Å²) in [4.78, 5) is 8.53. The lowest BCUT2D eigenvalue weighted by Gasteiger charge is -2.16. The van der Waals surface area contributed by atoms with Crippen LogP contribution in [0.5, 0.6) is 0 Å². The number of nitrogens with one attached hydrogen (secondary N) is 1. The Balaban J connectivity index is 1.43. The van der Waals surface area contributed by atoms with Gasteiger partial charge in [0.1, 0.15) is 0 Å². The lowest BCUT2D eigenvalue weighted by molar-refractivity contribution is 0.429. The first-order chi connectivity index (χ1) is 8.34. The number of aromatic nitrogens is 2. The number of fused-ring (bicyclic) bond motifs is 5. The van der Waals surface area contributed by atoms with Crippen molar-refractivity contribution >= 4 is 0 Å². The molecule has 2 bridgehead atoms. The fraction of sp³-hybridized carbons (Fsp3) is 0.714. The van der Waals surface area contributed by atoms with E-state index in [1.165, 1.54) is 19.3 Å². The molecule has 3 fully saturated rings. The molecule has 90 valence electrons. The van der Waals surface area contributed by atoms with Gasteiger partial charge in [0.15, 0.2) is 0 Å². The highest BCUT2D eigenvalue weighted by atomic mass is 15.1. The Bertz CT molecular complexity index is 403. The summed E-state index contributed by atoms with van der Waals surface area (Å²) in [6.07, 6.45) is 9.90. The molecule has 0 aromatic carbocycles. The molecule has 1 N–H and O–H groups in total. The van der Waals surface area contributed by atoms with E-state index < -0.39 is 0 Å². The average molecular weight is 229 g/mol. The maximum atomic E-state index is 4.38. The maximum Gasteiger partial charge on any atom is 0.0753 e. The first-order valence-electron chi connectivity index (χ1n) is 6.86. The van der Waals surface area contributed by atoms with Crippen LogP contribution in [0, 0.1) is 23.7 Å². The van der Waals surface area contributed by atoms with Crippen LogP contribution in [0.3, 0.4) is 0 Å². The highest BCUT2D eigenvalue weighted by Crippen LogP contribution is 2.65. The number of hydrogen-bond donors (Lipinski definition) is 1. The first kappa shape index (κ1) is 10.0. The van der Waals surface area contributed by atoms with Crippen LogP contribution in [-0.4, -0.2) is 16.0 Å². The van der Waals surface area contributed by atoms with E-state index in [1.54, 1.807) is 12.4 Å². The van der Waals surface area contributed by atoms with E-state index in [4.69, 9.17) is 0 Å². The van der Waals surface area contributed by atoms with Gasteiger partial charge in [0.2, 0.25) is 0 Å². The molecule has 0 radical (unpaired) electrons. The smallest absolute Gasteiger partial charge is 0.0753 e. The van der Waals surface area contributed by atoms with Crippen LogP contribution in [0.25, 0.3) is 0 Å². The van der Waals surface area contributed by atoms with Crippen molar-refractivity contribution in [1.29, 1.82) is 0 Å². The summed E-state index contributed by atoms with van der Waals surface area (Å²) in [5, 5.41) is 3.77. The Labute approximate surface area is 102 Å². The van der Waals surface area contributed by atoms with Crippen LogP contribution >= 0.6 is 0 Å². The Morgan fingerprint density at radius 2 is 2.00 bits per heavy atom. The lowest BCUT2D eigenvalue weighted by atomic mass is 10.0. The largest absolute Gasteiger partial charge is 0.305 e. The van der Waals surface area contributed by atoms with Gasteiger partial charge in [-0.25, -0.2) is 0 Å². The average Bonchev–Trinajstić information content (AvgIpc) is 2.76. The molecule has 3 aliphatic rings. The van der Waals surface area contributed by atoms with Gasteiger partial charge in [0.05, 0.1) is 5.69 Å². The zero-order valence-corrected chi connectivity index (χ0v) is 10.2. The van der Waals surface area contributed by atoms with Gasteiger partial charge in [-0.1, -0.05) is 0 Å². The summed E-state index contributed by atoms with van der Waals surface area (Å²) in [5.74, 6) is 4.06. The summed E-state index contributed by atoms with van der Waals surface area (Å²) in [6, 6.07) is 1.12. The molecule has 1 heterocycles. The lowest BCUT2D eigenvalue weighted by Crippen LogP contribution is -2.26. The summed E-state index contributed by atoms with van der Waals surface area (Å²) >= 11 is 0. The molecule has 0 aliphatic heterocycles. The van der Waals surface area contributed by atoms with Crippen molar-refractivity contribution in [1.82, 2.24) is 15.3 Å². The van der Waals surface area contributed by atoms with Gasteiger partial charge >= 0.3 is 0 Å². The number of rotatable bonds is 3. The monoisotopic (exact) mass is 229 g/mol. The molecule has 0 saturated heterocycles. The van der Waals surface area contributed by atoms with Gasteiger partial charge in [-0.3, -0.25) is 9.97 Å². The molecule has 1 aromatic heterocycles. The third-order valence-corrected chi connectivity index (χ3v) is 5.20. The summed E-state index contributed by atoms with van der Waals surface area (Å²) in [6.45, 7) is 2.21. The summed E-state index contributed by atoms with van der Waals surface area (Å²) in [7, 11) is 0. The van der Waals surface area contributed by atoms with E-state index in [9.17, 15) is 0 Å². The second kappa shape index (κ2) is 3.52. The maximum absolute atomic E-state index is 4.38. The van der Waals surface area contributed by atoms with Gasteiger partial charge in [0.25, 0.3) is 0 Å². The van der Waals surface area contributed by atoms with Gasteiger partial charge < -0.3 is 5.32 Å². The van der Waals surface area contributed by atoms with Crippen LogP contribution in [0.1, 0.15) is 37.9 Å². The molecular formula is C14H19N3. The van der Waals surface area contributed by atoms with Gasteiger partial charge in [-0.05, 0) is 49.9 Å². The third-order valence-electron chi connectivity index (χ3n) is 5.20. The molecule has 17 heavy (non-hydrogen) atoms. The highest BCUT2D eigenvalue weighted by Gasteiger charge is 2.64. The van der Waals surface area contributed by atoms with Crippen molar-refractivity contribution < 1.29 is 0 Å². The molecule has 5 atom stereocenters. The minimum atomic E-state index is 0.346. The van der Waals surface area contributed by atoms with Crippen molar-refractivity contribution in [2.24, 2.45) is 23.7 Å². The predicted molar refractivity (Wildman–Crippen MR) is 65.2 cm³/mol. The Hall–Kier alpha value is -0.960. The molecule has 3 nitrogen and oxygen atoms in total. The SMILES string of the molecule is CC(NC1C2C3CCC(C3)C12)c1cnccn1. The fourth-order valence-corrected chi connectivity index (χ4v) is 4.46. The van der Waals surface area contributed by atoms with Gasteiger partial charge in [0, 0.05) is 30.7 Å². The van der Waals surface area contributed by atoms with Gasteiger partial charge in [-0.2, -0.15) is 0 Å². The van der Waals surface area contributed by atoms with E-state index in [2.05, 4.69) is 22.2 Å². The highest BCUT2D eigenvalue weighted by molar-refractivity contribution is 5.18. The van der Waals surface area contributed by atoms with E-state index in [1.807, 2.05) is 6.20 Å². The molecule has 1 aromatic rings. The van der Waals surface area contributed by atoms with Crippen molar-refractivity contribution in [2.45, 2.75) is 38.3 Å². The molecule has 4 rings (SSSR count). The zero-order valence-electron chi connectivity index (χ0n) is 10.2. The normalized spacial score (nSPS) is 43.5. The zero-order chi connectivity index (χ0) is 11.4. The topological polar surface area (TPSA) is 37.8 Å². The van der Waals surface area contributed by atoms with Gasteiger partial charge in [-0.15, -0.1) is 0 Å². The van der Waals surface area contributed by atoms with Crippen LogP contribution < -0.4 is 5.32 Å². The Morgan fingerprint density at radius 1 is 1.24 bits per heavy atom.